The number of hydrogen-bond donors (Lipinski definition) is 2. The van der Waals surface area contributed by atoms with E-state index in [-0.39, 0.29) is 25.2 Å². The predicted octanol–water partition coefficient (Wildman–Crippen LogP) is 2.57. The fourth-order valence-electron chi connectivity index (χ4n) is 2.49. The molecule has 0 saturated carbocycles. The molecule has 0 heterocycles. The number of rotatable bonds is 8. The molecule has 8 heteroatoms. The number of anilines is 1. The van der Waals surface area contributed by atoms with Crippen molar-refractivity contribution in [2.24, 2.45) is 0 Å². The van der Waals surface area contributed by atoms with Crippen molar-refractivity contribution in [3.05, 3.63) is 65.7 Å². The molecule has 0 saturated heterocycles. The van der Waals surface area contributed by atoms with E-state index in [2.05, 4.69) is 10.6 Å². The average molecular weight is 389 g/mol. The summed E-state index contributed by atoms with van der Waals surface area (Å²) in [5.41, 5.74) is 0.279. The molecule has 0 aromatic heterocycles. The Bertz CT molecular complexity index is 844. The summed E-state index contributed by atoms with van der Waals surface area (Å²) in [5.74, 6) is -3.49. The molecule has 0 radical (unpaired) electrons. The normalized spacial score (nSPS) is 10.2. The van der Waals surface area contributed by atoms with Crippen molar-refractivity contribution in [3.8, 4) is 0 Å². The third-order valence-corrected chi connectivity index (χ3v) is 3.78. The van der Waals surface area contributed by atoms with Gasteiger partial charge in [0, 0.05) is 18.3 Å². The van der Waals surface area contributed by atoms with Crippen molar-refractivity contribution < 1.29 is 23.2 Å². The maximum absolute atomic E-state index is 13.9. The minimum Gasteiger partial charge on any atom is -0.345 e. The van der Waals surface area contributed by atoms with Crippen LogP contribution in [0.4, 0.5) is 14.5 Å². The Morgan fingerprint density at radius 1 is 1.00 bits per heavy atom. The number of nitrogens with zero attached hydrogens (tertiary/aromatic N) is 1. The lowest BCUT2D eigenvalue weighted by Gasteiger charge is -2.22. The van der Waals surface area contributed by atoms with Gasteiger partial charge in [0.05, 0.1) is 18.7 Å². The van der Waals surface area contributed by atoms with Crippen LogP contribution in [0.2, 0.25) is 0 Å². The van der Waals surface area contributed by atoms with E-state index in [1.807, 2.05) is 0 Å². The maximum Gasteiger partial charge on any atom is 0.257 e. The van der Waals surface area contributed by atoms with Gasteiger partial charge >= 0.3 is 0 Å². The monoisotopic (exact) mass is 389 g/mol. The SMILES string of the molecule is CCCN(CC(=O)NCC(=O)Nc1ccccc1)C(=O)c1ccc(F)cc1F. The Morgan fingerprint density at radius 2 is 1.71 bits per heavy atom. The Morgan fingerprint density at radius 3 is 2.36 bits per heavy atom. The molecule has 28 heavy (non-hydrogen) atoms. The van der Waals surface area contributed by atoms with Crippen molar-refractivity contribution in [1.82, 2.24) is 10.2 Å². The predicted molar refractivity (Wildman–Crippen MR) is 101 cm³/mol. The highest BCUT2D eigenvalue weighted by Gasteiger charge is 2.21. The summed E-state index contributed by atoms with van der Waals surface area (Å²) >= 11 is 0. The van der Waals surface area contributed by atoms with Crippen LogP contribution >= 0.6 is 0 Å². The van der Waals surface area contributed by atoms with Gasteiger partial charge in [-0.25, -0.2) is 8.78 Å². The molecule has 6 nitrogen and oxygen atoms in total. The van der Waals surface area contributed by atoms with Crippen LogP contribution in [0.5, 0.6) is 0 Å². The fraction of sp³-hybridized carbons (Fsp3) is 0.250. The summed E-state index contributed by atoms with van der Waals surface area (Å²) < 4.78 is 26.9. The molecular formula is C20H21F2N3O3. The van der Waals surface area contributed by atoms with E-state index < -0.39 is 29.4 Å². The molecule has 2 aromatic carbocycles. The molecule has 148 valence electrons. The zero-order valence-electron chi connectivity index (χ0n) is 15.4. The highest BCUT2D eigenvalue weighted by molar-refractivity contribution is 5.98. The van der Waals surface area contributed by atoms with Gasteiger partial charge in [0.1, 0.15) is 11.6 Å². The number of amides is 3. The van der Waals surface area contributed by atoms with Crippen molar-refractivity contribution in [2.75, 3.05) is 25.0 Å². The van der Waals surface area contributed by atoms with Crippen LogP contribution in [0.1, 0.15) is 23.7 Å². The van der Waals surface area contributed by atoms with Crippen LogP contribution < -0.4 is 10.6 Å². The summed E-state index contributed by atoms with van der Waals surface area (Å²) in [7, 11) is 0. The molecule has 0 atom stereocenters. The summed E-state index contributed by atoms with van der Waals surface area (Å²) in [6.07, 6.45) is 0.538. The number of benzene rings is 2. The Labute approximate surface area is 161 Å². The highest BCUT2D eigenvalue weighted by Crippen LogP contribution is 2.13. The summed E-state index contributed by atoms with van der Waals surface area (Å²) in [5, 5.41) is 5.04. The fourth-order valence-corrected chi connectivity index (χ4v) is 2.49. The molecule has 0 aliphatic rings. The smallest absolute Gasteiger partial charge is 0.257 e. The second kappa shape index (κ2) is 10.1. The van der Waals surface area contributed by atoms with Gasteiger partial charge in [0.25, 0.3) is 5.91 Å². The van der Waals surface area contributed by atoms with Gasteiger partial charge < -0.3 is 15.5 Å². The number of hydrogen-bond acceptors (Lipinski definition) is 3. The standard InChI is InChI=1S/C20H21F2N3O3/c1-2-10-25(20(28)16-9-8-14(21)11-17(16)22)13-19(27)23-12-18(26)24-15-6-4-3-5-7-15/h3-9,11H,2,10,12-13H2,1H3,(H,23,27)(H,24,26). The van der Waals surface area contributed by atoms with Crippen molar-refractivity contribution >= 4 is 23.4 Å². The molecule has 0 aliphatic heterocycles. The first kappa shape index (κ1) is 21.0. The van der Waals surface area contributed by atoms with Crippen LogP contribution in [0, 0.1) is 11.6 Å². The first-order valence-electron chi connectivity index (χ1n) is 8.76. The van der Waals surface area contributed by atoms with Crippen molar-refractivity contribution in [1.29, 1.82) is 0 Å². The van der Waals surface area contributed by atoms with E-state index in [1.54, 1.807) is 37.3 Å². The Balaban J connectivity index is 1.92. The molecule has 0 aliphatic carbocycles. The van der Waals surface area contributed by atoms with E-state index in [0.717, 1.165) is 17.0 Å². The molecular weight excluding hydrogens is 368 g/mol. The highest BCUT2D eigenvalue weighted by atomic mass is 19.1. The maximum atomic E-state index is 13.9. The van der Waals surface area contributed by atoms with Crippen LogP contribution in [-0.4, -0.2) is 42.3 Å². The van der Waals surface area contributed by atoms with Crippen LogP contribution in [0.25, 0.3) is 0 Å². The number of nitrogens with one attached hydrogen (secondary N) is 2. The molecule has 3 amide bonds. The number of carbonyl (C=O) groups is 3. The Kier molecular flexibility index (Phi) is 7.62. The van der Waals surface area contributed by atoms with E-state index in [9.17, 15) is 23.2 Å². The molecule has 2 N–H and O–H groups in total. The van der Waals surface area contributed by atoms with Gasteiger partial charge in [0.15, 0.2) is 0 Å². The largest absolute Gasteiger partial charge is 0.345 e. The topological polar surface area (TPSA) is 78.5 Å². The van der Waals surface area contributed by atoms with Gasteiger partial charge in [-0.3, -0.25) is 14.4 Å². The first-order chi connectivity index (χ1) is 13.4. The van der Waals surface area contributed by atoms with Gasteiger partial charge in [-0.1, -0.05) is 25.1 Å². The first-order valence-corrected chi connectivity index (χ1v) is 8.76. The van der Waals surface area contributed by atoms with Gasteiger partial charge in [0.2, 0.25) is 11.8 Å². The number of halogens is 2. The minimum atomic E-state index is -0.992. The van der Waals surface area contributed by atoms with E-state index >= 15 is 0 Å². The number of para-hydroxylation sites is 1. The molecule has 2 rings (SSSR count). The number of carbonyl (C=O) groups excluding carboxylic acids is 3. The van der Waals surface area contributed by atoms with Crippen LogP contribution in [-0.2, 0) is 9.59 Å². The van der Waals surface area contributed by atoms with Crippen molar-refractivity contribution in [3.63, 3.8) is 0 Å². The second-order valence-electron chi connectivity index (χ2n) is 6.04. The zero-order chi connectivity index (χ0) is 20.5. The van der Waals surface area contributed by atoms with E-state index in [4.69, 9.17) is 0 Å². The zero-order valence-corrected chi connectivity index (χ0v) is 15.4. The molecule has 0 fully saturated rings. The lowest BCUT2D eigenvalue weighted by atomic mass is 10.1. The van der Waals surface area contributed by atoms with Gasteiger partial charge in [-0.15, -0.1) is 0 Å². The third kappa shape index (κ3) is 6.15. The molecule has 0 spiro atoms. The summed E-state index contributed by atoms with van der Waals surface area (Å²) in [4.78, 5) is 37.6. The average Bonchev–Trinajstić information content (AvgIpc) is 2.66. The van der Waals surface area contributed by atoms with Crippen LogP contribution in [0.3, 0.4) is 0 Å². The molecule has 0 unspecified atom stereocenters. The van der Waals surface area contributed by atoms with E-state index in [0.29, 0.717) is 18.2 Å². The summed E-state index contributed by atoms with van der Waals surface area (Å²) in [6, 6.07) is 11.4. The van der Waals surface area contributed by atoms with Crippen LogP contribution in [0.15, 0.2) is 48.5 Å². The quantitative estimate of drug-likeness (QED) is 0.728. The lowest BCUT2D eigenvalue weighted by Crippen LogP contribution is -2.43. The third-order valence-electron chi connectivity index (χ3n) is 3.78. The lowest BCUT2D eigenvalue weighted by molar-refractivity contribution is -0.124. The van der Waals surface area contributed by atoms with Crippen molar-refractivity contribution in [2.45, 2.75) is 13.3 Å². The molecule has 2 aromatic rings. The van der Waals surface area contributed by atoms with Gasteiger partial charge in [-0.05, 0) is 30.7 Å². The second-order valence-corrected chi connectivity index (χ2v) is 6.04. The van der Waals surface area contributed by atoms with Gasteiger partial charge in [-0.2, -0.15) is 0 Å². The molecule has 0 bridgehead atoms. The summed E-state index contributed by atoms with van der Waals surface area (Å²) in [6.45, 7) is 1.39. The minimum absolute atomic E-state index is 0.208. The van der Waals surface area contributed by atoms with E-state index in [1.165, 1.54) is 0 Å². The Hall–Kier alpha value is -3.29.